The normalized spacial score (nSPS) is 10.9. The summed E-state index contributed by atoms with van der Waals surface area (Å²) < 4.78 is 57.6. The second-order valence-corrected chi connectivity index (χ2v) is 9.58. The number of methoxy groups -OCH3 is 2. The number of carbonyl (C=O) groups is 1. The van der Waals surface area contributed by atoms with Crippen molar-refractivity contribution in [3.63, 3.8) is 0 Å². The second-order valence-electron chi connectivity index (χ2n) is 9.58. The predicted octanol–water partition coefficient (Wildman–Crippen LogP) is 5.28. The number of hydrogen-bond donors (Lipinski definition) is 1. The van der Waals surface area contributed by atoms with Gasteiger partial charge in [0, 0.05) is 36.0 Å². The third-order valence-electron chi connectivity index (χ3n) is 6.70. The molecule has 2 heterocycles. The summed E-state index contributed by atoms with van der Waals surface area (Å²) in [4.78, 5) is 43.4. The van der Waals surface area contributed by atoms with E-state index in [0.29, 0.717) is 34.8 Å². The highest BCUT2D eigenvalue weighted by atomic mass is 19.1. The molecule has 5 aromatic rings. The van der Waals surface area contributed by atoms with Gasteiger partial charge in [-0.1, -0.05) is 0 Å². The quantitative estimate of drug-likeness (QED) is 0.193. The molecule has 0 unspecified atom stereocenters. The van der Waals surface area contributed by atoms with Gasteiger partial charge in [0.2, 0.25) is 5.75 Å². The van der Waals surface area contributed by atoms with Gasteiger partial charge in [0.25, 0.3) is 0 Å². The monoisotopic (exact) mass is 634 g/mol. The van der Waals surface area contributed by atoms with Crippen LogP contribution in [0, 0.1) is 11.6 Å². The lowest BCUT2D eigenvalue weighted by atomic mass is 10.2. The van der Waals surface area contributed by atoms with E-state index in [2.05, 4.69) is 10.3 Å². The van der Waals surface area contributed by atoms with Gasteiger partial charge in [-0.3, -0.25) is 19.7 Å². The number of rotatable bonds is 11. The highest BCUT2D eigenvalue weighted by molar-refractivity contribution is 5.88. The van der Waals surface area contributed by atoms with E-state index in [1.54, 1.807) is 25.1 Å². The van der Waals surface area contributed by atoms with E-state index in [0.717, 1.165) is 33.5 Å². The van der Waals surface area contributed by atoms with Crippen molar-refractivity contribution in [2.75, 3.05) is 32.8 Å². The lowest BCUT2D eigenvalue weighted by molar-refractivity contribution is 0.137. The van der Waals surface area contributed by atoms with Crippen LogP contribution in [0.5, 0.6) is 28.7 Å². The fraction of sp³-hybridized carbons (Fsp3) is 0.188. The molecule has 14 heteroatoms. The number of halogens is 2. The van der Waals surface area contributed by atoms with Crippen LogP contribution in [-0.2, 0) is 11.3 Å². The molecule has 238 valence electrons. The predicted molar refractivity (Wildman–Crippen MR) is 164 cm³/mol. The number of amides is 1. The zero-order valence-electron chi connectivity index (χ0n) is 24.9. The number of hydrogen-bond acceptors (Lipinski definition) is 9. The maximum Gasteiger partial charge on any atom is 0.417 e. The highest BCUT2D eigenvalue weighted by Crippen LogP contribution is 2.37. The highest BCUT2D eigenvalue weighted by Gasteiger charge is 2.19. The molecule has 1 N–H and O–H groups in total. The molecule has 0 saturated heterocycles. The zero-order valence-corrected chi connectivity index (χ0v) is 24.9. The Bertz CT molecular complexity index is 2010. The number of ether oxygens (including phenoxy) is 5. The molecule has 0 fully saturated rings. The summed E-state index contributed by atoms with van der Waals surface area (Å²) in [5.74, 6) is -0.848. The standard InChI is InChI=1S/C32H28F2N4O8/c1-4-44-14-13-37-18-29(30(39)38(32(37)41)21-8-5-19(33)6-9-21)46-31(40)36-20-7-10-26(23(34)15-20)45-25-11-12-35-24-17-28(43-3)27(42-2)16-22(24)25/h5-12,15-18H,4,13-14H2,1-3H3,(H,36,40). The number of benzene rings is 3. The Morgan fingerprint density at radius 2 is 1.63 bits per heavy atom. The van der Waals surface area contributed by atoms with Crippen molar-refractivity contribution < 1.29 is 37.3 Å². The minimum atomic E-state index is -1.13. The number of carbonyl (C=O) groups excluding carboxylic acids is 1. The number of fused-ring (bicyclic) bond motifs is 1. The fourth-order valence-electron chi connectivity index (χ4n) is 4.49. The Morgan fingerprint density at radius 3 is 2.33 bits per heavy atom. The average Bonchev–Trinajstić information content (AvgIpc) is 3.04. The van der Waals surface area contributed by atoms with E-state index < -0.39 is 34.7 Å². The van der Waals surface area contributed by atoms with Gasteiger partial charge < -0.3 is 23.7 Å². The van der Waals surface area contributed by atoms with Crippen LogP contribution in [0.4, 0.5) is 19.3 Å². The largest absolute Gasteiger partial charge is 0.493 e. The van der Waals surface area contributed by atoms with Crippen molar-refractivity contribution >= 4 is 22.7 Å². The summed E-state index contributed by atoms with van der Waals surface area (Å²) >= 11 is 0. The lowest BCUT2D eigenvalue weighted by Crippen LogP contribution is -2.40. The Balaban J connectivity index is 1.37. The van der Waals surface area contributed by atoms with E-state index in [9.17, 15) is 18.8 Å². The molecule has 0 aliphatic heterocycles. The first kappa shape index (κ1) is 31.7. The van der Waals surface area contributed by atoms with Gasteiger partial charge in [-0.25, -0.2) is 22.9 Å². The third kappa shape index (κ3) is 6.81. The molecule has 0 spiro atoms. The van der Waals surface area contributed by atoms with Crippen molar-refractivity contribution in [1.82, 2.24) is 14.1 Å². The van der Waals surface area contributed by atoms with Crippen LogP contribution in [0.15, 0.2) is 82.6 Å². The van der Waals surface area contributed by atoms with Crippen LogP contribution in [0.2, 0.25) is 0 Å². The Hall–Kier alpha value is -5.76. The Morgan fingerprint density at radius 1 is 0.891 bits per heavy atom. The van der Waals surface area contributed by atoms with Gasteiger partial charge in [0.05, 0.1) is 44.8 Å². The SMILES string of the molecule is CCOCCn1cc(OC(=O)Nc2ccc(Oc3ccnc4cc(OC)c(OC)cc34)c(F)c2)c(=O)n(-c2ccc(F)cc2)c1=O. The van der Waals surface area contributed by atoms with Crippen LogP contribution < -0.4 is 35.5 Å². The van der Waals surface area contributed by atoms with E-state index in [-0.39, 0.29) is 30.3 Å². The molecule has 5 rings (SSSR count). The van der Waals surface area contributed by atoms with Crippen LogP contribution in [0.25, 0.3) is 16.6 Å². The molecule has 0 aliphatic carbocycles. The van der Waals surface area contributed by atoms with E-state index in [4.69, 9.17) is 23.7 Å². The molecule has 0 radical (unpaired) electrons. The van der Waals surface area contributed by atoms with Crippen LogP contribution in [-0.4, -0.2) is 47.6 Å². The number of anilines is 1. The van der Waals surface area contributed by atoms with Crippen molar-refractivity contribution in [3.8, 4) is 34.4 Å². The number of pyridine rings is 1. The van der Waals surface area contributed by atoms with E-state index in [1.807, 2.05) is 0 Å². The number of aromatic nitrogens is 3. The summed E-state index contributed by atoms with van der Waals surface area (Å²) in [5.41, 5.74) is -1.14. The van der Waals surface area contributed by atoms with Crippen molar-refractivity contribution in [2.45, 2.75) is 13.5 Å². The Labute approximate surface area is 260 Å². The number of nitrogens with zero attached hydrogens (tertiary/aromatic N) is 3. The van der Waals surface area contributed by atoms with Crippen molar-refractivity contribution in [1.29, 1.82) is 0 Å². The molecule has 0 aliphatic rings. The van der Waals surface area contributed by atoms with Gasteiger partial charge in [-0.2, -0.15) is 0 Å². The van der Waals surface area contributed by atoms with E-state index in [1.165, 1.54) is 44.7 Å². The van der Waals surface area contributed by atoms with Gasteiger partial charge in [0.1, 0.15) is 11.6 Å². The maximum atomic E-state index is 15.1. The van der Waals surface area contributed by atoms with Gasteiger partial charge >= 0.3 is 17.3 Å². The first-order valence-corrected chi connectivity index (χ1v) is 13.9. The van der Waals surface area contributed by atoms with Crippen LogP contribution in [0.1, 0.15) is 6.92 Å². The summed E-state index contributed by atoms with van der Waals surface area (Å²) in [6.07, 6.45) is 1.44. The topological polar surface area (TPSA) is 132 Å². The van der Waals surface area contributed by atoms with Crippen molar-refractivity contribution in [3.05, 3.63) is 106 Å². The molecule has 1 amide bonds. The summed E-state index contributed by atoms with van der Waals surface area (Å²) in [6, 6.07) is 13.2. The average molecular weight is 635 g/mol. The molecule has 2 aromatic heterocycles. The van der Waals surface area contributed by atoms with Gasteiger partial charge in [-0.05, 0) is 55.5 Å². The molecule has 0 bridgehead atoms. The zero-order chi connectivity index (χ0) is 32.8. The second kappa shape index (κ2) is 13.9. The summed E-state index contributed by atoms with van der Waals surface area (Å²) in [5, 5.41) is 2.89. The first-order valence-electron chi connectivity index (χ1n) is 13.9. The van der Waals surface area contributed by atoms with Crippen molar-refractivity contribution in [2.24, 2.45) is 0 Å². The molecule has 12 nitrogen and oxygen atoms in total. The molecule has 46 heavy (non-hydrogen) atoms. The minimum Gasteiger partial charge on any atom is -0.493 e. The Kier molecular flexibility index (Phi) is 9.57. The third-order valence-corrected chi connectivity index (χ3v) is 6.70. The molecule has 3 aromatic carbocycles. The first-order chi connectivity index (χ1) is 22.2. The van der Waals surface area contributed by atoms with Gasteiger partial charge in [0.15, 0.2) is 23.1 Å². The summed E-state index contributed by atoms with van der Waals surface area (Å²) in [6.45, 7) is 2.33. The van der Waals surface area contributed by atoms with Gasteiger partial charge in [-0.15, -0.1) is 0 Å². The maximum absolute atomic E-state index is 15.1. The molecule has 0 saturated carbocycles. The fourth-order valence-corrected chi connectivity index (χ4v) is 4.49. The lowest BCUT2D eigenvalue weighted by Gasteiger charge is -2.14. The minimum absolute atomic E-state index is 0.00984. The molecular weight excluding hydrogens is 606 g/mol. The smallest absolute Gasteiger partial charge is 0.417 e. The van der Waals surface area contributed by atoms with Crippen LogP contribution in [0.3, 0.4) is 0 Å². The van der Waals surface area contributed by atoms with E-state index >= 15 is 4.39 Å². The van der Waals surface area contributed by atoms with Crippen LogP contribution >= 0.6 is 0 Å². The number of nitrogens with one attached hydrogen (secondary N) is 1. The molecular formula is C32H28F2N4O8. The molecule has 0 atom stereocenters. The summed E-state index contributed by atoms with van der Waals surface area (Å²) in [7, 11) is 2.98.